The van der Waals surface area contributed by atoms with Crippen LogP contribution in [0.4, 0.5) is 5.69 Å². The van der Waals surface area contributed by atoms with Gasteiger partial charge in [-0.2, -0.15) is 0 Å². The van der Waals surface area contributed by atoms with Gasteiger partial charge in [0, 0.05) is 60.8 Å². The molecule has 246 valence electrons. The first kappa shape index (κ1) is 33.0. The molecule has 0 spiro atoms. The van der Waals surface area contributed by atoms with Crippen LogP contribution in [0.15, 0.2) is 42.6 Å². The molecule has 0 radical (unpaired) electrons. The fraction of sp³-hybridized carbons (Fsp3) is 0.514. The van der Waals surface area contributed by atoms with Gasteiger partial charge in [0.05, 0.1) is 28.3 Å². The zero-order valence-corrected chi connectivity index (χ0v) is 28.1. The van der Waals surface area contributed by atoms with Crippen LogP contribution in [0, 0.1) is 5.92 Å². The fourth-order valence-electron chi connectivity index (χ4n) is 7.80. The van der Waals surface area contributed by atoms with Crippen molar-refractivity contribution in [3.8, 4) is 0 Å². The summed E-state index contributed by atoms with van der Waals surface area (Å²) in [6, 6.07) is 11.2. The van der Waals surface area contributed by atoms with Crippen LogP contribution in [-0.2, 0) is 27.8 Å². The Balaban J connectivity index is 1.27. The van der Waals surface area contributed by atoms with E-state index in [2.05, 4.69) is 29.0 Å². The van der Waals surface area contributed by atoms with Crippen molar-refractivity contribution in [1.29, 1.82) is 0 Å². The van der Waals surface area contributed by atoms with Crippen molar-refractivity contribution < 1.29 is 24.2 Å². The Labute approximate surface area is 279 Å². The molecule has 11 heteroatoms. The number of ketones is 1. The lowest BCUT2D eigenvalue weighted by Crippen LogP contribution is -2.75. The summed E-state index contributed by atoms with van der Waals surface area (Å²) in [7, 11) is 1.89. The first-order valence-electron chi connectivity index (χ1n) is 16.3. The third kappa shape index (κ3) is 6.08. The number of carbonyl (C=O) groups excluding carboxylic acids is 2. The molecule has 3 aliphatic rings. The summed E-state index contributed by atoms with van der Waals surface area (Å²) < 4.78 is 8.88. The van der Waals surface area contributed by atoms with E-state index in [4.69, 9.17) is 27.9 Å². The summed E-state index contributed by atoms with van der Waals surface area (Å²) in [6.07, 6.45) is 6.69. The molecule has 1 amide bonds. The smallest absolute Gasteiger partial charge is 0.306 e. The summed E-state index contributed by atoms with van der Waals surface area (Å²) in [6.45, 7) is 5.72. The van der Waals surface area contributed by atoms with Gasteiger partial charge < -0.3 is 19.7 Å². The maximum Gasteiger partial charge on any atom is 0.306 e. The van der Waals surface area contributed by atoms with E-state index in [-0.39, 0.29) is 47.2 Å². The second-order valence-electron chi connectivity index (χ2n) is 13.2. The monoisotopic (exact) mass is 668 g/mol. The molecular weight excluding hydrogens is 627 g/mol. The van der Waals surface area contributed by atoms with Gasteiger partial charge in [-0.25, -0.2) is 0 Å². The van der Waals surface area contributed by atoms with Gasteiger partial charge in [0.25, 0.3) is 5.91 Å². The van der Waals surface area contributed by atoms with E-state index in [0.29, 0.717) is 47.5 Å². The van der Waals surface area contributed by atoms with E-state index in [1.165, 1.54) is 0 Å². The number of aryl methyl sites for hydroxylation is 1. The summed E-state index contributed by atoms with van der Waals surface area (Å²) in [5, 5.41) is 13.9. The highest BCUT2D eigenvalue weighted by atomic mass is 35.5. The number of Topliss-reactive ketones (excluding diaryl/α,β-unsaturated/α-hetero) is 1. The quantitative estimate of drug-likeness (QED) is 0.247. The average Bonchev–Trinajstić information content (AvgIpc) is 3.68. The number of carboxylic acid groups (broad SMARTS) is 1. The molecular formula is C35H42Cl2N4O5. The third-order valence-electron chi connectivity index (χ3n) is 10.1. The van der Waals surface area contributed by atoms with Gasteiger partial charge in [-0.05, 0) is 82.6 Å². The number of nitrogens with one attached hydrogen (secondary N) is 1. The largest absolute Gasteiger partial charge is 0.481 e. The van der Waals surface area contributed by atoms with Gasteiger partial charge in [-0.15, -0.1) is 0 Å². The van der Waals surface area contributed by atoms with Gasteiger partial charge in [-0.3, -0.25) is 24.2 Å². The predicted molar refractivity (Wildman–Crippen MR) is 179 cm³/mol. The minimum atomic E-state index is -1.29. The lowest BCUT2D eigenvalue weighted by atomic mass is 9.86. The number of halogens is 2. The lowest BCUT2D eigenvalue weighted by molar-refractivity contribution is -0.291. The molecule has 46 heavy (non-hydrogen) atoms. The highest BCUT2D eigenvalue weighted by Gasteiger charge is 2.58. The number of likely N-dealkylation sites (tertiary alicyclic amines) is 2. The van der Waals surface area contributed by atoms with Gasteiger partial charge in [0.15, 0.2) is 5.78 Å². The van der Waals surface area contributed by atoms with Gasteiger partial charge >= 0.3 is 5.97 Å². The maximum absolute atomic E-state index is 14.8. The Morgan fingerprint density at radius 3 is 2.33 bits per heavy atom. The number of anilines is 1. The number of rotatable bonds is 10. The number of aromatic nitrogens is 1. The minimum Gasteiger partial charge on any atom is -0.481 e. The van der Waals surface area contributed by atoms with Crippen molar-refractivity contribution in [2.45, 2.75) is 89.3 Å². The topological polar surface area (TPSA) is 104 Å². The number of ether oxygens (including phenoxy) is 1. The van der Waals surface area contributed by atoms with Crippen LogP contribution in [0.3, 0.4) is 0 Å². The Kier molecular flexibility index (Phi) is 9.52. The van der Waals surface area contributed by atoms with E-state index in [1.807, 2.05) is 35.9 Å². The van der Waals surface area contributed by atoms with Gasteiger partial charge in [0.2, 0.25) is 5.85 Å². The molecule has 1 saturated carbocycles. The molecule has 6 rings (SSSR count). The predicted octanol–water partition coefficient (Wildman–Crippen LogP) is 6.74. The van der Waals surface area contributed by atoms with E-state index >= 15 is 0 Å². The van der Waals surface area contributed by atoms with E-state index in [9.17, 15) is 19.5 Å². The summed E-state index contributed by atoms with van der Waals surface area (Å²) >= 11 is 13.5. The number of nitrogens with zero attached hydrogens (tertiary/aromatic N) is 3. The highest BCUT2D eigenvalue weighted by Crippen LogP contribution is 2.43. The minimum absolute atomic E-state index is 0.00693. The number of amides is 1. The molecule has 2 aromatic carbocycles. The molecule has 2 aliphatic heterocycles. The molecule has 3 atom stereocenters. The van der Waals surface area contributed by atoms with Crippen molar-refractivity contribution in [2.75, 3.05) is 18.4 Å². The standard InChI is InChI=1S/C35H42Cl2N4O5/c1-21-16-22(2)41(21)35(40-14-6-7-15-40,46-25-12-10-23(11-13-25)34(44)45)32(42)18-24-17-29(37)30(19-28(24)36)38-33(43)27-20-39(3)31-9-5-4-8-26(27)31/h4-5,8-9,17,19-23,25H,6-7,10-16,18H2,1-3H3,(H,38,43)(H,44,45)/t21-,22-,23?,25?,35?/m1/s1. The van der Waals surface area contributed by atoms with Crippen LogP contribution in [0.1, 0.15) is 74.7 Å². The summed E-state index contributed by atoms with van der Waals surface area (Å²) in [4.78, 5) is 44.1. The van der Waals surface area contributed by atoms with Crippen LogP contribution in [0.25, 0.3) is 10.9 Å². The van der Waals surface area contributed by atoms with Crippen LogP contribution in [0.2, 0.25) is 10.0 Å². The second kappa shape index (κ2) is 13.3. The van der Waals surface area contributed by atoms with Gasteiger partial charge in [-0.1, -0.05) is 41.4 Å². The Hall–Kier alpha value is -2.95. The molecule has 3 aromatic rings. The van der Waals surface area contributed by atoms with Crippen LogP contribution in [-0.4, -0.2) is 74.3 Å². The molecule has 2 saturated heterocycles. The number of carbonyl (C=O) groups is 3. The van der Waals surface area contributed by atoms with Crippen LogP contribution in [0.5, 0.6) is 0 Å². The first-order valence-corrected chi connectivity index (χ1v) is 17.1. The number of hydrogen-bond donors (Lipinski definition) is 2. The summed E-state index contributed by atoms with van der Waals surface area (Å²) in [5.41, 5.74) is 2.38. The zero-order valence-electron chi connectivity index (χ0n) is 26.6. The van der Waals surface area contributed by atoms with Crippen molar-refractivity contribution >= 4 is 57.5 Å². The number of para-hydroxylation sites is 1. The third-order valence-corrected chi connectivity index (χ3v) is 10.8. The first-order chi connectivity index (χ1) is 22.0. The molecule has 3 heterocycles. The molecule has 2 N–H and O–H groups in total. The highest BCUT2D eigenvalue weighted by molar-refractivity contribution is 6.36. The Morgan fingerprint density at radius 2 is 1.67 bits per heavy atom. The number of fused-ring (bicyclic) bond motifs is 1. The zero-order chi connectivity index (χ0) is 32.7. The normalized spacial score (nSPS) is 25.2. The molecule has 3 fully saturated rings. The average molecular weight is 670 g/mol. The lowest BCUT2D eigenvalue weighted by Gasteiger charge is -2.59. The fourth-order valence-corrected chi connectivity index (χ4v) is 8.26. The molecule has 1 aliphatic carbocycles. The summed E-state index contributed by atoms with van der Waals surface area (Å²) in [5.74, 6) is -2.85. The second-order valence-corrected chi connectivity index (χ2v) is 14.0. The molecule has 1 unspecified atom stereocenters. The van der Waals surface area contributed by atoms with Gasteiger partial charge in [0.1, 0.15) is 0 Å². The maximum atomic E-state index is 14.8. The molecule has 9 nitrogen and oxygen atoms in total. The number of carboxylic acids is 1. The van der Waals surface area contributed by atoms with E-state index in [1.54, 1.807) is 18.3 Å². The molecule has 1 aromatic heterocycles. The number of aliphatic carboxylic acids is 1. The van der Waals surface area contributed by atoms with Crippen molar-refractivity contribution in [1.82, 2.24) is 14.4 Å². The van der Waals surface area contributed by atoms with Crippen LogP contribution >= 0.6 is 23.2 Å². The van der Waals surface area contributed by atoms with E-state index in [0.717, 1.165) is 43.3 Å². The SMILES string of the molecule is C[C@@H]1C[C@@H](C)N1C(OC1CCC(C(=O)O)CC1)(C(=O)Cc1cc(Cl)c(NC(=O)c2cn(C)c3ccccc23)cc1Cl)N1CCCC1. The number of hydrogen-bond acceptors (Lipinski definition) is 6. The Bertz CT molecular complexity index is 1640. The Morgan fingerprint density at radius 1 is 1.00 bits per heavy atom. The van der Waals surface area contributed by atoms with Crippen LogP contribution < -0.4 is 5.32 Å². The molecule has 0 bridgehead atoms. The van der Waals surface area contributed by atoms with E-state index < -0.39 is 11.8 Å². The van der Waals surface area contributed by atoms with Crippen molar-refractivity contribution in [3.05, 3.63) is 63.8 Å². The van der Waals surface area contributed by atoms with Crippen molar-refractivity contribution in [2.24, 2.45) is 13.0 Å². The van der Waals surface area contributed by atoms with Crippen molar-refractivity contribution in [3.63, 3.8) is 0 Å². The number of benzene rings is 2.